The van der Waals surface area contributed by atoms with E-state index in [9.17, 15) is 14.9 Å². The third-order valence-corrected chi connectivity index (χ3v) is 6.14. The van der Waals surface area contributed by atoms with Crippen molar-refractivity contribution in [2.75, 3.05) is 6.54 Å². The standard InChI is InChI=1S/C25H22N4O4/c1-17-4-2-7-20(10-17)21-14-27-29(16-21)22-8-9-28(15-19-6-3-5-18(11-19)13-26)25(12-22)32-23(30)24(31)33-25/h2-7,10-11,14,16,22H,8-9,12,15H2,1H3. The Morgan fingerprint density at radius 1 is 1.12 bits per heavy atom. The monoisotopic (exact) mass is 442 g/mol. The van der Waals surface area contributed by atoms with E-state index in [4.69, 9.17) is 9.47 Å². The number of ether oxygens (including phenoxy) is 2. The van der Waals surface area contributed by atoms with Gasteiger partial charge in [-0.2, -0.15) is 10.4 Å². The summed E-state index contributed by atoms with van der Waals surface area (Å²) in [5.41, 5.74) is 4.63. The highest BCUT2D eigenvalue weighted by atomic mass is 16.8. The van der Waals surface area contributed by atoms with Crippen molar-refractivity contribution in [3.63, 3.8) is 0 Å². The number of carbonyl (C=O) groups excluding carboxylic acids is 2. The second-order valence-corrected chi connectivity index (χ2v) is 8.45. The third kappa shape index (κ3) is 3.99. The van der Waals surface area contributed by atoms with Crippen molar-refractivity contribution in [1.82, 2.24) is 14.7 Å². The first-order chi connectivity index (χ1) is 16.0. The van der Waals surface area contributed by atoms with E-state index in [0.717, 1.165) is 28.7 Å². The average molecular weight is 442 g/mol. The molecule has 0 radical (unpaired) electrons. The van der Waals surface area contributed by atoms with Crippen LogP contribution in [0.25, 0.3) is 11.1 Å². The molecule has 2 aliphatic heterocycles. The summed E-state index contributed by atoms with van der Waals surface area (Å²) in [7, 11) is 0. The molecular weight excluding hydrogens is 420 g/mol. The summed E-state index contributed by atoms with van der Waals surface area (Å²) in [6.07, 6.45) is 4.77. The second-order valence-electron chi connectivity index (χ2n) is 8.45. The SMILES string of the molecule is Cc1cccc(-c2cnn(C3CCN(Cc4cccc(C#N)c4)C4(C3)OC(=O)C(=O)O4)c2)c1. The largest absolute Gasteiger partial charge is 0.421 e. The van der Waals surface area contributed by atoms with Gasteiger partial charge in [-0.25, -0.2) is 14.5 Å². The molecule has 166 valence electrons. The molecule has 1 aromatic heterocycles. The molecule has 8 heteroatoms. The molecule has 33 heavy (non-hydrogen) atoms. The van der Waals surface area contributed by atoms with Gasteiger partial charge in [-0.1, -0.05) is 42.0 Å². The van der Waals surface area contributed by atoms with Gasteiger partial charge < -0.3 is 9.47 Å². The Balaban J connectivity index is 1.41. The first kappa shape index (κ1) is 20.9. The van der Waals surface area contributed by atoms with E-state index >= 15 is 0 Å². The van der Waals surface area contributed by atoms with Gasteiger partial charge >= 0.3 is 17.8 Å². The number of esters is 2. The summed E-state index contributed by atoms with van der Waals surface area (Å²) in [5, 5.41) is 13.7. The Morgan fingerprint density at radius 3 is 2.67 bits per heavy atom. The number of likely N-dealkylation sites (tertiary alicyclic amines) is 1. The van der Waals surface area contributed by atoms with Gasteiger partial charge in [-0.15, -0.1) is 0 Å². The molecule has 2 fully saturated rings. The van der Waals surface area contributed by atoms with Crippen LogP contribution in [0.15, 0.2) is 60.9 Å². The van der Waals surface area contributed by atoms with Crippen LogP contribution < -0.4 is 0 Å². The number of hydrogen-bond donors (Lipinski definition) is 0. The molecule has 1 unspecified atom stereocenters. The van der Waals surface area contributed by atoms with Crippen molar-refractivity contribution >= 4 is 11.9 Å². The smallest absolute Gasteiger partial charge is 0.400 e. The zero-order valence-corrected chi connectivity index (χ0v) is 18.1. The maximum absolute atomic E-state index is 12.0. The number of piperidine rings is 1. The Kier molecular flexibility index (Phi) is 5.19. The van der Waals surface area contributed by atoms with Crippen LogP contribution in [-0.4, -0.2) is 39.1 Å². The van der Waals surface area contributed by atoms with Crippen molar-refractivity contribution in [2.24, 2.45) is 0 Å². The average Bonchev–Trinajstić information content (AvgIpc) is 3.41. The molecule has 3 aromatic rings. The molecule has 0 saturated carbocycles. The molecule has 0 bridgehead atoms. The quantitative estimate of drug-likeness (QED) is 0.452. The minimum atomic E-state index is -1.49. The van der Waals surface area contributed by atoms with Crippen LogP contribution in [0, 0.1) is 18.3 Å². The lowest BCUT2D eigenvalue weighted by Crippen LogP contribution is -2.55. The van der Waals surface area contributed by atoms with Crippen molar-refractivity contribution in [3.8, 4) is 17.2 Å². The number of carbonyl (C=O) groups is 2. The predicted octanol–water partition coefficient (Wildman–Crippen LogP) is 3.32. The van der Waals surface area contributed by atoms with E-state index in [1.807, 2.05) is 53.2 Å². The molecule has 2 aliphatic rings. The highest BCUT2D eigenvalue weighted by molar-refractivity contribution is 6.31. The van der Waals surface area contributed by atoms with Crippen LogP contribution in [0.1, 0.15) is 35.6 Å². The molecule has 0 N–H and O–H groups in total. The number of aromatic nitrogens is 2. The van der Waals surface area contributed by atoms with Crippen LogP contribution in [0.4, 0.5) is 0 Å². The molecule has 0 aliphatic carbocycles. The van der Waals surface area contributed by atoms with E-state index < -0.39 is 17.8 Å². The Morgan fingerprint density at radius 2 is 1.91 bits per heavy atom. The fourth-order valence-electron chi connectivity index (χ4n) is 4.51. The predicted molar refractivity (Wildman–Crippen MR) is 117 cm³/mol. The van der Waals surface area contributed by atoms with Crippen molar-refractivity contribution in [3.05, 3.63) is 77.6 Å². The van der Waals surface area contributed by atoms with Gasteiger partial charge in [0.25, 0.3) is 0 Å². The Labute approximate surface area is 190 Å². The maximum Gasteiger partial charge on any atom is 0.421 e. The van der Waals surface area contributed by atoms with Crippen molar-refractivity contribution in [1.29, 1.82) is 5.26 Å². The summed E-state index contributed by atoms with van der Waals surface area (Å²) >= 11 is 0. The van der Waals surface area contributed by atoms with Gasteiger partial charge in [0.05, 0.1) is 30.3 Å². The maximum atomic E-state index is 12.0. The summed E-state index contributed by atoms with van der Waals surface area (Å²) in [6.45, 7) is 2.93. The molecule has 2 saturated heterocycles. The van der Waals surface area contributed by atoms with E-state index in [1.54, 1.807) is 18.2 Å². The molecule has 3 heterocycles. The van der Waals surface area contributed by atoms with Gasteiger partial charge in [-0.05, 0) is 36.6 Å². The van der Waals surface area contributed by atoms with Gasteiger partial charge in [0.15, 0.2) is 0 Å². The van der Waals surface area contributed by atoms with E-state index in [2.05, 4.69) is 17.2 Å². The number of benzene rings is 2. The lowest BCUT2D eigenvalue weighted by molar-refractivity contribution is -0.273. The van der Waals surface area contributed by atoms with Gasteiger partial charge in [0.1, 0.15) is 0 Å². The Hall–Kier alpha value is -3.96. The fourth-order valence-corrected chi connectivity index (χ4v) is 4.51. The van der Waals surface area contributed by atoms with Crippen LogP contribution in [0.5, 0.6) is 0 Å². The minimum Gasteiger partial charge on any atom is -0.400 e. The number of nitrogens with zero attached hydrogens (tertiary/aromatic N) is 4. The third-order valence-electron chi connectivity index (χ3n) is 6.14. The first-order valence-corrected chi connectivity index (χ1v) is 10.8. The highest BCUT2D eigenvalue weighted by Crippen LogP contribution is 2.41. The zero-order chi connectivity index (χ0) is 23.0. The summed E-state index contributed by atoms with van der Waals surface area (Å²) in [5.74, 6) is -3.48. The number of rotatable bonds is 4. The molecule has 0 amide bonds. The van der Waals surface area contributed by atoms with Crippen molar-refractivity contribution < 1.29 is 19.1 Å². The summed E-state index contributed by atoms with van der Waals surface area (Å²) < 4.78 is 12.9. The van der Waals surface area contributed by atoms with Gasteiger partial charge in [-0.3, -0.25) is 4.68 Å². The number of hydrogen-bond acceptors (Lipinski definition) is 7. The molecular formula is C25H22N4O4. The minimum absolute atomic E-state index is 0.121. The molecule has 1 spiro atoms. The molecule has 1 atom stereocenters. The van der Waals surface area contributed by atoms with E-state index in [1.165, 1.54) is 0 Å². The Bertz CT molecular complexity index is 1260. The van der Waals surface area contributed by atoms with Crippen LogP contribution in [0.2, 0.25) is 0 Å². The molecule has 2 aromatic carbocycles. The first-order valence-electron chi connectivity index (χ1n) is 10.8. The fraction of sp³-hybridized carbons (Fsp3) is 0.280. The zero-order valence-electron chi connectivity index (χ0n) is 18.1. The van der Waals surface area contributed by atoms with Crippen LogP contribution in [0.3, 0.4) is 0 Å². The van der Waals surface area contributed by atoms with E-state index in [-0.39, 0.29) is 12.5 Å². The summed E-state index contributed by atoms with van der Waals surface area (Å²) in [6, 6.07) is 17.4. The molecule has 8 nitrogen and oxygen atoms in total. The van der Waals surface area contributed by atoms with Crippen LogP contribution in [-0.2, 0) is 25.6 Å². The van der Waals surface area contributed by atoms with E-state index in [0.29, 0.717) is 18.7 Å². The lowest BCUT2D eigenvalue weighted by atomic mass is 9.99. The number of aryl methyl sites for hydroxylation is 1. The topological polar surface area (TPSA) is 97.5 Å². The lowest BCUT2D eigenvalue weighted by Gasteiger charge is -2.43. The van der Waals surface area contributed by atoms with Gasteiger partial charge in [0, 0.05) is 24.8 Å². The normalized spacial score (nSPS) is 19.8. The second kappa shape index (κ2) is 8.19. The van der Waals surface area contributed by atoms with Crippen LogP contribution >= 0.6 is 0 Å². The number of nitriles is 1. The summed E-state index contributed by atoms with van der Waals surface area (Å²) in [4.78, 5) is 25.9. The molecule has 5 rings (SSSR count). The highest BCUT2D eigenvalue weighted by Gasteiger charge is 2.56. The van der Waals surface area contributed by atoms with Crippen molar-refractivity contribution in [2.45, 2.75) is 38.3 Å². The van der Waals surface area contributed by atoms with Gasteiger partial charge in [0.2, 0.25) is 0 Å².